The van der Waals surface area contributed by atoms with Gasteiger partial charge in [-0.25, -0.2) is 12.8 Å². The lowest BCUT2D eigenvalue weighted by atomic mass is 9.97. The fourth-order valence-corrected chi connectivity index (χ4v) is 1.73. The number of rotatable bonds is 2. The molecule has 0 atom stereocenters. The number of ether oxygens (including phenoxy) is 1. The van der Waals surface area contributed by atoms with E-state index < -0.39 is 31.1 Å². The van der Waals surface area contributed by atoms with Crippen LogP contribution < -0.4 is 4.74 Å². The van der Waals surface area contributed by atoms with E-state index in [0.717, 1.165) is 12.1 Å². The Labute approximate surface area is 109 Å². The topological polar surface area (TPSA) is 60.4 Å². The highest BCUT2D eigenvalue weighted by atomic mass is 35.7. The molecule has 0 spiro atoms. The number of esters is 1. The van der Waals surface area contributed by atoms with Gasteiger partial charge in [0, 0.05) is 10.7 Å². The minimum absolute atomic E-state index is 0.334. The van der Waals surface area contributed by atoms with Crippen LogP contribution in [0.5, 0.6) is 5.75 Å². The Hall–Kier alpha value is -1.14. The molecule has 0 aliphatic carbocycles. The van der Waals surface area contributed by atoms with E-state index in [4.69, 9.17) is 15.4 Å². The van der Waals surface area contributed by atoms with E-state index in [9.17, 15) is 17.6 Å². The van der Waals surface area contributed by atoms with Gasteiger partial charge in [0.05, 0.1) is 10.3 Å². The van der Waals surface area contributed by atoms with Gasteiger partial charge in [0.15, 0.2) is 11.6 Å². The lowest BCUT2D eigenvalue weighted by molar-refractivity contribution is -0.143. The van der Waals surface area contributed by atoms with Crippen molar-refractivity contribution in [1.82, 2.24) is 0 Å². The first-order valence-corrected chi connectivity index (χ1v) is 7.29. The molecule has 1 aromatic carbocycles. The molecule has 0 radical (unpaired) electrons. The lowest BCUT2D eigenvalue weighted by Crippen LogP contribution is -2.25. The van der Waals surface area contributed by atoms with Gasteiger partial charge in [0.2, 0.25) is 0 Å². The Bertz CT molecular complexity index is 575. The normalized spacial score (nSPS) is 12.3. The number of benzene rings is 1. The third-order valence-corrected chi connectivity index (χ3v) is 3.35. The summed E-state index contributed by atoms with van der Waals surface area (Å²) in [6.45, 7) is 4.85. The second-order valence-electron chi connectivity index (χ2n) is 4.67. The van der Waals surface area contributed by atoms with Gasteiger partial charge < -0.3 is 4.74 Å². The number of halogens is 2. The summed E-state index contributed by atoms with van der Waals surface area (Å²) < 4.78 is 40.3. The fraction of sp³-hybridized carbons (Fsp3) is 0.364. The Kier molecular flexibility index (Phi) is 4.02. The Morgan fingerprint density at radius 2 is 1.89 bits per heavy atom. The smallest absolute Gasteiger partial charge is 0.316 e. The van der Waals surface area contributed by atoms with Crippen LogP contribution in [0, 0.1) is 11.2 Å². The largest absolute Gasteiger partial charge is 0.423 e. The minimum atomic E-state index is -4.01. The third kappa shape index (κ3) is 3.68. The van der Waals surface area contributed by atoms with Gasteiger partial charge in [-0.05, 0) is 39.0 Å². The summed E-state index contributed by atoms with van der Waals surface area (Å²) in [7, 11) is 1.05. The molecule has 7 heteroatoms. The number of hydrogen-bond acceptors (Lipinski definition) is 4. The molecule has 0 aliphatic rings. The summed E-state index contributed by atoms with van der Waals surface area (Å²) in [6, 6.07) is 2.82. The summed E-state index contributed by atoms with van der Waals surface area (Å²) >= 11 is 0. The third-order valence-electron chi connectivity index (χ3n) is 2.00. The van der Waals surface area contributed by atoms with Crippen molar-refractivity contribution in [3.8, 4) is 5.75 Å². The van der Waals surface area contributed by atoms with Crippen molar-refractivity contribution in [1.29, 1.82) is 0 Å². The summed E-state index contributed by atoms with van der Waals surface area (Å²) in [4.78, 5) is 11.1. The SMILES string of the molecule is CC(C)(C)C(=O)Oc1ccc(S(=O)(=O)Cl)cc1F. The highest BCUT2D eigenvalue weighted by Crippen LogP contribution is 2.25. The van der Waals surface area contributed by atoms with E-state index >= 15 is 0 Å². The Morgan fingerprint density at radius 3 is 2.28 bits per heavy atom. The molecule has 0 amide bonds. The van der Waals surface area contributed by atoms with E-state index in [-0.39, 0.29) is 5.75 Å². The molecule has 1 rings (SSSR count). The monoisotopic (exact) mass is 294 g/mol. The summed E-state index contributed by atoms with van der Waals surface area (Å²) in [5.74, 6) is -1.92. The first-order valence-electron chi connectivity index (χ1n) is 4.98. The first kappa shape index (κ1) is 14.9. The first-order chi connectivity index (χ1) is 8.01. The molecule has 0 saturated heterocycles. The van der Waals surface area contributed by atoms with Gasteiger partial charge in [-0.2, -0.15) is 0 Å². The zero-order chi connectivity index (χ0) is 14.1. The van der Waals surface area contributed by atoms with Crippen LogP contribution in [0.4, 0.5) is 4.39 Å². The molecular formula is C11H12ClFO4S. The lowest BCUT2D eigenvalue weighted by Gasteiger charge is -2.16. The standard InChI is InChI=1S/C11H12ClFO4S/c1-11(2,3)10(14)17-9-5-4-7(6-8(9)13)18(12,15)16/h4-6H,1-3H3. The number of carbonyl (C=O) groups is 1. The average Bonchev–Trinajstić information content (AvgIpc) is 2.17. The Morgan fingerprint density at radius 1 is 1.33 bits per heavy atom. The van der Waals surface area contributed by atoms with Gasteiger partial charge in [-0.15, -0.1) is 0 Å². The van der Waals surface area contributed by atoms with Crippen LogP contribution in [0.3, 0.4) is 0 Å². The van der Waals surface area contributed by atoms with Crippen molar-refractivity contribution in [2.45, 2.75) is 25.7 Å². The van der Waals surface area contributed by atoms with Crippen molar-refractivity contribution in [3.63, 3.8) is 0 Å². The second kappa shape index (κ2) is 4.85. The van der Waals surface area contributed by atoms with Crippen molar-refractivity contribution >= 4 is 25.7 Å². The summed E-state index contributed by atoms with van der Waals surface area (Å²) in [5, 5.41) is 0. The maximum Gasteiger partial charge on any atom is 0.316 e. The molecule has 0 saturated carbocycles. The van der Waals surface area contributed by atoms with E-state index in [2.05, 4.69) is 0 Å². The van der Waals surface area contributed by atoms with Crippen molar-refractivity contribution in [2.24, 2.45) is 5.41 Å². The van der Waals surface area contributed by atoms with E-state index in [1.165, 1.54) is 0 Å². The average molecular weight is 295 g/mol. The summed E-state index contributed by atoms with van der Waals surface area (Å²) in [6.07, 6.45) is 0. The van der Waals surface area contributed by atoms with Crippen LogP contribution in [-0.2, 0) is 13.8 Å². The van der Waals surface area contributed by atoms with Crippen LogP contribution >= 0.6 is 10.7 Å². The molecule has 4 nitrogen and oxygen atoms in total. The second-order valence-corrected chi connectivity index (χ2v) is 7.24. The fourth-order valence-electron chi connectivity index (χ4n) is 0.969. The van der Waals surface area contributed by atoms with Gasteiger partial charge in [0.25, 0.3) is 9.05 Å². The maximum absolute atomic E-state index is 13.5. The molecule has 0 N–H and O–H groups in total. The maximum atomic E-state index is 13.5. The van der Waals surface area contributed by atoms with Crippen molar-refractivity contribution < 1.29 is 22.3 Å². The molecule has 0 unspecified atom stereocenters. The molecular weight excluding hydrogens is 283 g/mol. The molecule has 0 bridgehead atoms. The van der Waals surface area contributed by atoms with Gasteiger partial charge >= 0.3 is 5.97 Å². The van der Waals surface area contributed by atoms with Crippen LogP contribution in [0.1, 0.15) is 20.8 Å². The molecule has 1 aromatic rings. The summed E-state index contributed by atoms with van der Waals surface area (Å²) in [5.41, 5.74) is -0.788. The van der Waals surface area contributed by atoms with E-state index in [1.807, 2.05) is 0 Å². The molecule has 100 valence electrons. The molecule has 0 heterocycles. The van der Waals surface area contributed by atoms with Crippen LogP contribution in [0.15, 0.2) is 23.1 Å². The van der Waals surface area contributed by atoms with Gasteiger partial charge in [0.1, 0.15) is 0 Å². The molecule has 0 fully saturated rings. The van der Waals surface area contributed by atoms with Crippen molar-refractivity contribution in [2.75, 3.05) is 0 Å². The number of hydrogen-bond donors (Lipinski definition) is 0. The van der Waals surface area contributed by atoms with E-state index in [0.29, 0.717) is 6.07 Å². The van der Waals surface area contributed by atoms with Crippen molar-refractivity contribution in [3.05, 3.63) is 24.0 Å². The van der Waals surface area contributed by atoms with Crippen LogP contribution in [0.25, 0.3) is 0 Å². The van der Waals surface area contributed by atoms with Crippen LogP contribution in [-0.4, -0.2) is 14.4 Å². The predicted octanol–water partition coefficient (Wildman–Crippen LogP) is 2.70. The van der Waals surface area contributed by atoms with Crippen LogP contribution in [0.2, 0.25) is 0 Å². The van der Waals surface area contributed by atoms with E-state index in [1.54, 1.807) is 20.8 Å². The minimum Gasteiger partial charge on any atom is -0.423 e. The number of carbonyl (C=O) groups excluding carboxylic acids is 1. The highest BCUT2D eigenvalue weighted by Gasteiger charge is 2.25. The quantitative estimate of drug-likeness (QED) is 0.478. The van der Waals surface area contributed by atoms with Gasteiger partial charge in [-0.1, -0.05) is 0 Å². The van der Waals surface area contributed by atoms with Gasteiger partial charge in [-0.3, -0.25) is 4.79 Å². The molecule has 0 aliphatic heterocycles. The zero-order valence-electron chi connectivity index (χ0n) is 10.0. The highest BCUT2D eigenvalue weighted by molar-refractivity contribution is 8.13. The molecule has 18 heavy (non-hydrogen) atoms. The zero-order valence-corrected chi connectivity index (χ0v) is 11.6. The Balaban J connectivity index is 3.05. The molecule has 0 aromatic heterocycles. The predicted molar refractivity (Wildman–Crippen MR) is 64.5 cm³/mol.